The maximum Gasteiger partial charge on any atom is 0.138 e. The predicted molar refractivity (Wildman–Crippen MR) is 222 cm³/mol. The van der Waals surface area contributed by atoms with E-state index in [1.165, 1.54) is 22.3 Å². The number of aromatic nitrogens is 4. The van der Waals surface area contributed by atoms with Crippen LogP contribution in [-0.2, 0) is 16.2 Å². The van der Waals surface area contributed by atoms with Crippen molar-refractivity contribution < 1.29 is 0 Å². The second kappa shape index (κ2) is 12.3. The van der Waals surface area contributed by atoms with Gasteiger partial charge in [-0.3, -0.25) is 19.9 Å². The molecule has 8 aromatic rings. The molecule has 4 aromatic heterocycles. The Labute approximate surface area is 322 Å². The van der Waals surface area contributed by atoms with Crippen LogP contribution in [0.4, 0.5) is 0 Å². The van der Waals surface area contributed by atoms with Gasteiger partial charge in [-0.15, -0.1) is 0 Å². The fourth-order valence-electron chi connectivity index (χ4n) is 8.61. The summed E-state index contributed by atoms with van der Waals surface area (Å²) in [5.41, 5.74) is 14.2. The summed E-state index contributed by atoms with van der Waals surface area (Å²) in [5.74, 6) is 0. The van der Waals surface area contributed by atoms with Crippen LogP contribution in [-0.4, -0.2) is 19.9 Å². The quantitative estimate of drug-likeness (QED) is 0.157. The highest BCUT2D eigenvalue weighted by atomic mass is 14.9. The second-order valence-corrected chi connectivity index (χ2v) is 16.0. The molecule has 4 aromatic carbocycles. The van der Waals surface area contributed by atoms with Crippen molar-refractivity contribution in [2.75, 3.05) is 0 Å². The van der Waals surface area contributed by atoms with E-state index in [4.69, 9.17) is 19.9 Å². The molecule has 55 heavy (non-hydrogen) atoms. The number of rotatable bonds is 0. The maximum absolute atomic E-state index is 5.60. The molecule has 264 valence electrons. The summed E-state index contributed by atoms with van der Waals surface area (Å²) in [5, 5.41) is 0. The van der Waals surface area contributed by atoms with E-state index in [0.29, 0.717) is 0 Å². The van der Waals surface area contributed by atoms with Gasteiger partial charge in [0.1, 0.15) is 5.41 Å². The van der Waals surface area contributed by atoms with Crippen LogP contribution >= 0.6 is 0 Å². The zero-order valence-corrected chi connectivity index (χ0v) is 31.5. The Morgan fingerprint density at radius 2 is 0.527 bits per heavy atom. The fourth-order valence-corrected chi connectivity index (χ4v) is 8.61. The minimum atomic E-state index is -1.10. The number of fused-ring (bicyclic) bond motifs is 24. The SMILES string of the molecule is CC1(C)c2cccc(c2)-c2cccc(n2)C2(c3cccc(n3)-c3cccc1c3)c1cccc(n1)-c1cccc(c1)C(C)(C)c1cccc(c1)-c1cccc2n1. The van der Waals surface area contributed by atoms with Gasteiger partial charge < -0.3 is 0 Å². The maximum atomic E-state index is 5.60. The second-order valence-electron chi connectivity index (χ2n) is 16.0. The van der Waals surface area contributed by atoms with Crippen LogP contribution in [0, 0.1) is 0 Å². The highest BCUT2D eigenvalue weighted by Crippen LogP contribution is 2.46. The van der Waals surface area contributed by atoms with Crippen molar-refractivity contribution in [1.82, 2.24) is 19.9 Å². The molecular formula is C51H40N4. The normalized spacial score (nSPS) is 15.3. The number of nitrogens with zero attached hydrogens (tertiary/aromatic N) is 4. The van der Waals surface area contributed by atoms with E-state index in [9.17, 15) is 0 Å². The average molecular weight is 709 g/mol. The van der Waals surface area contributed by atoms with Crippen LogP contribution in [0.5, 0.6) is 0 Å². The molecule has 0 saturated carbocycles. The molecule has 0 atom stereocenters. The zero-order valence-electron chi connectivity index (χ0n) is 31.5. The molecule has 1 spiro atoms. The predicted octanol–water partition coefficient (Wildman–Crippen LogP) is 11.6. The van der Waals surface area contributed by atoms with Gasteiger partial charge in [0.15, 0.2) is 0 Å². The molecule has 10 rings (SSSR count). The Balaban J connectivity index is 1.37. The first-order chi connectivity index (χ1) is 26.7. The smallest absolute Gasteiger partial charge is 0.138 e. The summed E-state index contributed by atoms with van der Waals surface area (Å²) in [6, 6.07) is 60.7. The number of hydrogen-bond donors (Lipinski definition) is 0. The van der Waals surface area contributed by atoms with Gasteiger partial charge in [-0.05, 0) is 95.1 Å². The van der Waals surface area contributed by atoms with Gasteiger partial charge in [-0.1, -0.05) is 125 Å². The van der Waals surface area contributed by atoms with Crippen LogP contribution in [0.1, 0.15) is 72.7 Å². The molecule has 0 fully saturated rings. The van der Waals surface area contributed by atoms with Gasteiger partial charge in [0.2, 0.25) is 0 Å². The van der Waals surface area contributed by atoms with Crippen LogP contribution in [0.15, 0.2) is 170 Å². The van der Waals surface area contributed by atoms with Crippen molar-refractivity contribution in [2.45, 2.75) is 43.9 Å². The minimum Gasteiger partial charge on any atom is -0.251 e. The summed E-state index contributed by atoms with van der Waals surface area (Å²) in [7, 11) is 0. The highest BCUT2D eigenvalue weighted by molar-refractivity contribution is 5.70. The fraction of sp³-hybridized carbons (Fsp3) is 0.137. The van der Waals surface area contributed by atoms with E-state index in [1.807, 2.05) is 0 Å². The van der Waals surface area contributed by atoms with Crippen molar-refractivity contribution in [3.05, 3.63) is 215 Å². The minimum absolute atomic E-state index is 0.254. The topological polar surface area (TPSA) is 51.6 Å². The first-order valence-electron chi connectivity index (χ1n) is 19.1. The van der Waals surface area contributed by atoms with Crippen LogP contribution in [0.3, 0.4) is 0 Å². The third-order valence-corrected chi connectivity index (χ3v) is 12.1. The lowest BCUT2D eigenvalue weighted by Gasteiger charge is -2.34. The van der Waals surface area contributed by atoms with Crippen LogP contribution in [0.2, 0.25) is 0 Å². The molecule has 6 heterocycles. The van der Waals surface area contributed by atoms with Gasteiger partial charge in [-0.2, -0.15) is 0 Å². The number of pyridine rings is 4. The summed E-state index contributed by atoms with van der Waals surface area (Å²) >= 11 is 0. The Morgan fingerprint density at radius 1 is 0.291 bits per heavy atom. The summed E-state index contributed by atoms with van der Waals surface area (Å²) < 4.78 is 0. The highest BCUT2D eigenvalue weighted by Gasteiger charge is 2.45. The third kappa shape index (κ3) is 5.20. The van der Waals surface area contributed by atoms with Crippen molar-refractivity contribution in [1.29, 1.82) is 0 Å². The van der Waals surface area contributed by atoms with E-state index in [2.05, 4.69) is 198 Å². The van der Waals surface area contributed by atoms with Crippen LogP contribution in [0.25, 0.3) is 45.0 Å². The van der Waals surface area contributed by atoms with Crippen molar-refractivity contribution in [3.63, 3.8) is 0 Å². The number of hydrogen-bond acceptors (Lipinski definition) is 4. The lowest BCUT2D eigenvalue weighted by atomic mass is 9.72. The third-order valence-electron chi connectivity index (χ3n) is 12.1. The summed E-state index contributed by atoms with van der Waals surface area (Å²) in [4.78, 5) is 22.4. The van der Waals surface area contributed by atoms with E-state index < -0.39 is 5.41 Å². The Bertz CT molecular complexity index is 2410. The molecule has 0 radical (unpaired) electrons. The first-order valence-corrected chi connectivity index (χ1v) is 19.1. The summed E-state index contributed by atoms with van der Waals surface area (Å²) in [6.07, 6.45) is 0. The molecule has 0 saturated heterocycles. The zero-order chi connectivity index (χ0) is 37.4. The molecule has 4 nitrogen and oxygen atoms in total. The van der Waals surface area contributed by atoms with Gasteiger partial charge in [0, 0.05) is 33.1 Å². The molecule has 2 aliphatic rings. The van der Waals surface area contributed by atoms with E-state index in [1.54, 1.807) is 0 Å². The summed E-state index contributed by atoms with van der Waals surface area (Å²) in [6.45, 7) is 9.16. The van der Waals surface area contributed by atoms with Gasteiger partial charge >= 0.3 is 0 Å². The van der Waals surface area contributed by atoms with Crippen molar-refractivity contribution in [2.24, 2.45) is 0 Å². The Morgan fingerprint density at radius 3 is 0.782 bits per heavy atom. The van der Waals surface area contributed by atoms with Gasteiger partial charge in [-0.25, -0.2) is 0 Å². The molecule has 16 bridgehead atoms. The largest absolute Gasteiger partial charge is 0.251 e. The lowest BCUT2D eigenvalue weighted by molar-refractivity contribution is 0.638. The Kier molecular flexibility index (Phi) is 7.37. The molecular weight excluding hydrogens is 669 g/mol. The number of benzene rings is 4. The lowest BCUT2D eigenvalue weighted by Crippen LogP contribution is -2.35. The molecule has 0 unspecified atom stereocenters. The van der Waals surface area contributed by atoms with Gasteiger partial charge in [0.25, 0.3) is 0 Å². The van der Waals surface area contributed by atoms with Gasteiger partial charge in [0.05, 0.1) is 45.6 Å². The van der Waals surface area contributed by atoms with Crippen molar-refractivity contribution in [3.8, 4) is 45.0 Å². The molecule has 4 heteroatoms. The van der Waals surface area contributed by atoms with Crippen LogP contribution < -0.4 is 0 Å². The van der Waals surface area contributed by atoms with E-state index in [0.717, 1.165) is 67.8 Å². The monoisotopic (exact) mass is 708 g/mol. The molecule has 0 N–H and O–H groups in total. The molecule has 0 amide bonds. The standard InChI is InChI=1S/C51H40N4/c1-49(2)37-17-5-13-33(29-37)41-21-9-25-45(52-41)51(46-26-10-22-42(53-46)34-14-6-18-38(49)30-34)47-27-11-23-43(54-47)35-15-7-19-39(31-35)50(3,4)40-20-8-16-36(32-40)44-24-12-28-48(51)55-44/h5-32H,1-4H3. The average Bonchev–Trinajstić information content (AvgIpc) is 3.24. The van der Waals surface area contributed by atoms with E-state index in [-0.39, 0.29) is 10.8 Å². The van der Waals surface area contributed by atoms with E-state index >= 15 is 0 Å². The Hall–Kier alpha value is -6.52. The first kappa shape index (κ1) is 33.1. The molecule has 2 aliphatic heterocycles. The molecule has 0 aliphatic carbocycles. The van der Waals surface area contributed by atoms with Crippen molar-refractivity contribution >= 4 is 0 Å².